The summed E-state index contributed by atoms with van der Waals surface area (Å²) in [6.07, 6.45) is 4.77. The molecule has 122 valence electrons. The van der Waals surface area contributed by atoms with Crippen LogP contribution in [0.4, 0.5) is 5.69 Å². The van der Waals surface area contributed by atoms with Crippen LogP contribution < -0.4 is 5.32 Å². The van der Waals surface area contributed by atoms with Crippen LogP contribution in [-0.4, -0.2) is 20.9 Å². The van der Waals surface area contributed by atoms with Gasteiger partial charge in [-0.15, -0.1) is 0 Å². The topological polar surface area (TPSA) is 80.9 Å². The van der Waals surface area contributed by atoms with Crippen LogP contribution in [0, 0.1) is 0 Å². The summed E-state index contributed by atoms with van der Waals surface area (Å²) < 4.78 is 5.70. The largest absolute Gasteiger partial charge is 0.434 e. The van der Waals surface area contributed by atoms with Crippen molar-refractivity contribution >= 4 is 34.4 Å². The summed E-state index contributed by atoms with van der Waals surface area (Å²) in [6.45, 7) is 0. The third-order valence-corrected chi connectivity index (χ3v) is 3.89. The first kappa shape index (κ1) is 15.3. The molecule has 1 N–H and O–H groups in total. The summed E-state index contributed by atoms with van der Waals surface area (Å²) in [6, 6.07) is 11.9. The predicted octanol–water partition coefficient (Wildman–Crippen LogP) is 4.19. The van der Waals surface area contributed by atoms with Crippen LogP contribution in [0.3, 0.4) is 0 Å². The molecule has 0 fully saturated rings. The van der Waals surface area contributed by atoms with Gasteiger partial charge in [-0.1, -0.05) is 11.6 Å². The van der Waals surface area contributed by atoms with E-state index >= 15 is 0 Å². The monoisotopic (exact) mass is 350 g/mol. The SMILES string of the molecule is O=C(Nc1ccc(Cl)c(-c2nc3ncccc3o2)c1)c1ccncc1. The van der Waals surface area contributed by atoms with Gasteiger partial charge in [-0.05, 0) is 42.5 Å². The van der Waals surface area contributed by atoms with E-state index in [2.05, 4.69) is 20.3 Å². The quantitative estimate of drug-likeness (QED) is 0.599. The summed E-state index contributed by atoms with van der Waals surface area (Å²) in [4.78, 5) is 24.6. The molecule has 0 saturated heterocycles. The van der Waals surface area contributed by atoms with Gasteiger partial charge >= 0.3 is 0 Å². The summed E-state index contributed by atoms with van der Waals surface area (Å²) in [5.41, 5.74) is 2.74. The van der Waals surface area contributed by atoms with Crippen molar-refractivity contribution in [2.45, 2.75) is 0 Å². The normalized spacial score (nSPS) is 10.8. The molecule has 4 rings (SSSR count). The zero-order valence-electron chi connectivity index (χ0n) is 12.8. The number of rotatable bonds is 3. The first-order valence-corrected chi connectivity index (χ1v) is 7.81. The minimum atomic E-state index is -0.241. The van der Waals surface area contributed by atoms with Crippen molar-refractivity contribution in [3.8, 4) is 11.5 Å². The maximum Gasteiger partial charge on any atom is 0.255 e. The van der Waals surface area contributed by atoms with E-state index in [4.69, 9.17) is 16.0 Å². The molecule has 0 bridgehead atoms. The smallest absolute Gasteiger partial charge is 0.255 e. The highest BCUT2D eigenvalue weighted by Gasteiger charge is 2.14. The number of oxazole rings is 1. The molecule has 0 unspecified atom stereocenters. The molecule has 4 aromatic rings. The third-order valence-electron chi connectivity index (χ3n) is 3.56. The van der Waals surface area contributed by atoms with Gasteiger partial charge in [0.25, 0.3) is 5.91 Å². The Morgan fingerprint density at radius 3 is 2.72 bits per heavy atom. The lowest BCUT2D eigenvalue weighted by molar-refractivity contribution is 0.102. The second kappa shape index (κ2) is 6.33. The van der Waals surface area contributed by atoms with Crippen LogP contribution in [0.15, 0.2) is 65.5 Å². The van der Waals surface area contributed by atoms with Gasteiger partial charge in [0.2, 0.25) is 5.89 Å². The predicted molar refractivity (Wildman–Crippen MR) is 94.4 cm³/mol. The first-order chi connectivity index (χ1) is 12.2. The number of fused-ring (bicyclic) bond motifs is 1. The molecule has 7 heteroatoms. The Bertz CT molecular complexity index is 1030. The van der Waals surface area contributed by atoms with E-state index in [0.717, 1.165) is 0 Å². The molecule has 0 aliphatic heterocycles. The summed E-state index contributed by atoms with van der Waals surface area (Å²) in [5, 5.41) is 3.29. The van der Waals surface area contributed by atoms with Crippen molar-refractivity contribution in [2.75, 3.05) is 5.32 Å². The van der Waals surface area contributed by atoms with E-state index in [9.17, 15) is 4.79 Å². The first-order valence-electron chi connectivity index (χ1n) is 7.43. The van der Waals surface area contributed by atoms with E-state index < -0.39 is 0 Å². The number of aromatic nitrogens is 3. The van der Waals surface area contributed by atoms with Crippen molar-refractivity contribution in [1.82, 2.24) is 15.0 Å². The van der Waals surface area contributed by atoms with E-state index in [0.29, 0.717) is 39.0 Å². The standard InChI is InChI=1S/C18H11ClN4O2/c19-14-4-3-12(22-17(24)11-5-8-20-9-6-11)10-13(14)18-23-16-15(25-18)2-1-7-21-16/h1-10H,(H,22,24). The van der Waals surface area contributed by atoms with Gasteiger partial charge < -0.3 is 9.73 Å². The lowest BCUT2D eigenvalue weighted by Gasteiger charge is -2.07. The minimum absolute atomic E-state index is 0.241. The number of benzene rings is 1. The molecule has 3 aromatic heterocycles. The molecular formula is C18H11ClN4O2. The maximum atomic E-state index is 12.3. The highest BCUT2D eigenvalue weighted by atomic mass is 35.5. The van der Waals surface area contributed by atoms with E-state index in [1.54, 1.807) is 61.1 Å². The Hall–Kier alpha value is -3.25. The van der Waals surface area contributed by atoms with Gasteiger partial charge in [0.15, 0.2) is 11.2 Å². The van der Waals surface area contributed by atoms with E-state index in [1.165, 1.54) is 0 Å². The summed E-state index contributed by atoms with van der Waals surface area (Å²) in [7, 11) is 0. The van der Waals surface area contributed by atoms with Gasteiger partial charge in [-0.2, -0.15) is 4.98 Å². The number of carbonyl (C=O) groups excluding carboxylic acids is 1. The van der Waals surface area contributed by atoms with Crippen LogP contribution in [0.25, 0.3) is 22.7 Å². The van der Waals surface area contributed by atoms with Crippen LogP contribution in [0.5, 0.6) is 0 Å². The zero-order chi connectivity index (χ0) is 17.2. The van der Waals surface area contributed by atoms with Gasteiger partial charge in [0.05, 0.1) is 10.6 Å². The Labute approximate surface area is 147 Å². The van der Waals surface area contributed by atoms with Gasteiger partial charge in [0.1, 0.15) is 0 Å². The van der Waals surface area contributed by atoms with Crippen LogP contribution in [0.2, 0.25) is 5.02 Å². The Kier molecular flexibility index (Phi) is 3.87. The fourth-order valence-electron chi connectivity index (χ4n) is 2.36. The van der Waals surface area contributed by atoms with Crippen LogP contribution in [0.1, 0.15) is 10.4 Å². The maximum absolute atomic E-state index is 12.3. The van der Waals surface area contributed by atoms with Crippen molar-refractivity contribution in [3.05, 3.63) is 71.6 Å². The number of halogens is 1. The molecular weight excluding hydrogens is 340 g/mol. The van der Waals surface area contributed by atoms with Gasteiger partial charge in [-0.3, -0.25) is 9.78 Å². The Morgan fingerprint density at radius 2 is 1.92 bits per heavy atom. The Morgan fingerprint density at radius 1 is 1.08 bits per heavy atom. The number of nitrogens with zero attached hydrogens (tertiary/aromatic N) is 3. The number of pyridine rings is 2. The highest BCUT2D eigenvalue weighted by molar-refractivity contribution is 6.33. The molecule has 0 radical (unpaired) electrons. The zero-order valence-corrected chi connectivity index (χ0v) is 13.6. The molecule has 0 saturated carbocycles. The Balaban J connectivity index is 1.68. The average molecular weight is 351 g/mol. The molecule has 6 nitrogen and oxygen atoms in total. The highest BCUT2D eigenvalue weighted by Crippen LogP contribution is 2.31. The van der Waals surface area contributed by atoms with Crippen LogP contribution in [-0.2, 0) is 0 Å². The molecule has 0 atom stereocenters. The lowest BCUT2D eigenvalue weighted by atomic mass is 10.2. The van der Waals surface area contributed by atoms with E-state index in [1.807, 2.05) is 0 Å². The number of hydrogen-bond donors (Lipinski definition) is 1. The fourth-order valence-corrected chi connectivity index (χ4v) is 2.56. The summed E-state index contributed by atoms with van der Waals surface area (Å²) >= 11 is 6.27. The summed E-state index contributed by atoms with van der Waals surface area (Å²) in [5.74, 6) is 0.105. The van der Waals surface area contributed by atoms with Crippen molar-refractivity contribution in [2.24, 2.45) is 0 Å². The number of hydrogen-bond acceptors (Lipinski definition) is 5. The minimum Gasteiger partial charge on any atom is -0.434 e. The molecule has 0 aliphatic rings. The second-order valence-electron chi connectivity index (χ2n) is 5.23. The van der Waals surface area contributed by atoms with Crippen molar-refractivity contribution in [3.63, 3.8) is 0 Å². The number of anilines is 1. The van der Waals surface area contributed by atoms with Crippen molar-refractivity contribution in [1.29, 1.82) is 0 Å². The number of nitrogens with one attached hydrogen (secondary N) is 1. The third kappa shape index (κ3) is 3.07. The molecule has 0 aliphatic carbocycles. The van der Waals surface area contributed by atoms with Gasteiger partial charge in [0, 0.05) is 29.8 Å². The number of amides is 1. The molecule has 0 spiro atoms. The second-order valence-corrected chi connectivity index (χ2v) is 5.64. The molecule has 1 amide bonds. The van der Waals surface area contributed by atoms with Gasteiger partial charge in [-0.25, -0.2) is 4.98 Å². The van der Waals surface area contributed by atoms with Crippen LogP contribution >= 0.6 is 11.6 Å². The lowest BCUT2D eigenvalue weighted by Crippen LogP contribution is -2.11. The molecule has 1 aromatic carbocycles. The number of carbonyl (C=O) groups is 1. The molecule has 3 heterocycles. The van der Waals surface area contributed by atoms with E-state index in [-0.39, 0.29) is 5.91 Å². The molecule has 25 heavy (non-hydrogen) atoms. The van der Waals surface area contributed by atoms with Crippen molar-refractivity contribution < 1.29 is 9.21 Å². The fraction of sp³-hybridized carbons (Fsp3) is 0. The average Bonchev–Trinajstić information content (AvgIpc) is 3.08.